The van der Waals surface area contributed by atoms with Crippen LogP contribution in [0.15, 0.2) is 72.3 Å². The minimum Gasteiger partial charge on any atom is -0.507 e. The highest BCUT2D eigenvalue weighted by Gasteiger charge is 2.47. The Labute approximate surface area is 192 Å². The van der Waals surface area contributed by atoms with Crippen molar-refractivity contribution in [2.75, 3.05) is 4.90 Å². The lowest BCUT2D eigenvalue weighted by Gasteiger charge is -2.27. The van der Waals surface area contributed by atoms with Gasteiger partial charge in [-0.2, -0.15) is 13.2 Å². The summed E-state index contributed by atoms with van der Waals surface area (Å²) in [6.07, 6.45) is -4.57. The van der Waals surface area contributed by atoms with Gasteiger partial charge < -0.3 is 5.11 Å². The summed E-state index contributed by atoms with van der Waals surface area (Å²) in [4.78, 5) is 27.3. The highest BCUT2D eigenvalue weighted by molar-refractivity contribution is 6.51. The van der Waals surface area contributed by atoms with Crippen molar-refractivity contribution in [3.8, 4) is 0 Å². The van der Waals surface area contributed by atoms with Gasteiger partial charge in [0.05, 0.1) is 17.2 Å². The molecule has 0 bridgehead atoms. The fraction of sp³-hybridized carbons (Fsp3) is 0.154. The number of nitrogens with zero attached hydrogens (tertiary/aromatic N) is 1. The molecule has 1 N–H and O–H groups in total. The molecule has 1 unspecified atom stereocenters. The van der Waals surface area contributed by atoms with Crippen molar-refractivity contribution in [3.63, 3.8) is 0 Å². The van der Waals surface area contributed by atoms with Crippen LogP contribution in [0.2, 0.25) is 0 Å². The van der Waals surface area contributed by atoms with Crippen molar-refractivity contribution >= 4 is 23.1 Å². The third-order valence-electron chi connectivity index (χ3n) is 5.83. The second-order valence-corrected chi connectivity index (χ2v) is 8.03. The van der Waals surface area contributed by atoms with E-state index >= 15 is 0 Å². The summed E-state index contributed by atoms with van der Waals surface area (Å²) in [7, 11) is 0. The Morgan fingerprint density at radius 2 is 1.56 bits per heavy atom. The second kappa shape index (κ2) is 8.44. The lowest BCUT2D eigenvalue weighted by Crippen LogP contribution is -2.29. The summed E-state index contributed by atoms with van der Waals surface area (Å²) >= 11 is 0. The maximum Gasteiger partial charge on any atom is 0.416 e. The van der Waals surface area contributed by atoms with Crippen LogP contribution in [0.5, 0.6) is 0 Å². The Morgan fingerprint density at radius 1 is 0.912 bits per heavy atom. The van der Waals surface area contributed by atoms with Gasteiger partial charge in [-0.25, -0.2) is 4.39 Å². The van der Waals surface area contributed by atoms with Gasteiger partial charge in [-0.3, -0.25) is 14.5 Å². The van der Waals surface area contributed by atoms with E-state index in [0.29, 0.717) is 11.1 Å². The number of benzene rings is 3. The summed E-state index contributed by atoms with van der Waals surface area (Å²) in [5, 5.41) is 11.1. The Hall–Kier alpha value is -3.94. The molecule has 1 heterocycles. The van der Waals surface area contributed by atoms with E-state index in [1.54, 1.807) is 31.2 Å². The molecule has 4 nitrogen and oxygen atoms in total. The number of carbonyl (C=O) groups is 2. The lowest BCUT2D eigenvalue weighted by molar-refractivity contribution is -0.137. The van der Waals surface area contributed by atoms with Gasteiger partial charge in [0.2, 0.25) is 0 Å². The van der Waals surface area contributed by atoms with Gasteiger partial charge in [-0.1, -0.05) is 24.3 Å². The summed E-state index contributed by atoms with van der Waals surface area (Å²) in [6.45, 7) is 3.25. The van der Waals surface area contributed by atoms with Gasteiger partial charge in [-0.15, -0.1) is 0 Å². The fourth-order valence-corrected chi connectivity index (χ4v) is 4.05. The molecule has 1 saturated heterocycles. The van der Waals surface area contributed by atoms with Crippen molar-refractivity contribution in [1.29, 1.82) is 0 Å². The number of aryl methyl sites for hydroxylation is 2. The van der Waals surface area contributed by atoms with E-state index in [1.165, 1.54) is 19.1 Å². The minimum atomic E-state index is -4.57. The van der Waals surface area contributed by atoms with Crippen molar-refractivity contribution < 1.29 is 32.3 Å². The number of halogens is 4. The van der Waals surface area contributed by atoms with Crippen LogP contribution in [-0.4, -0.2) is 16.8 Å². The molecular weight excluding hydrogens is 450 g/mol. The van der Waals surface area contributed by atoms with Gasteiger partial charge in [-0.05, 0) is 73.0 Å². The van der Waals surface area contributed by atoms with Gasteiger partial charge in [0.1, 0.15) is 11.6 Å². The second-order valence-electron chi connectivity index (χ2n) is 8.03. The van der Waals surface area contributed by atoms with E-state index in [0.717, 1.165) is 35.2 Å². The van der Waals surface area contributed by atoms with E-state index in [4.69, 9.17) is 0 Å². The van der Waals surface area contributed by atoms with Gasteiger partial charge >= 0.3 is 6.18 Å². The first-order chi connectivity index (χ1) is 16.0. The van der Waals surface area contributed by atoms with Crippen LogP contribution in [0, 0.1) is 19.7 Å². The Balaban J connectivity index is 1.93. The summed E-state index contributed by atoms with van der Waals surface area (Å²) < 4.78 is 52.9. The molecule has 1 amide bonds. The normalized spacial score (nSPS) is 17.9. The van der Waals surface area contributed by atoms with Crippen LogP contribution < -0.4 is 4.90 Å². The number of ketones is 1. The Bertz CT molecular complexity index is 1330. The minimum absolute atomic E-state index is 0.0673. The van der Waals surface area contributed by atoms with Crippen LogP contribution in [0.4, 0.5) is 23.2 Å². The quantitative estimate of drug-likeness (QED) is 0.219. The first-order valence-electron chi connectivity index (χ1n) is 10.3. The lowest BCUT2D eigenvalue weighted by atomic mass is 9.92. The van der Waals surface area contributed by atoms with Crippen LogP contribution in [0.1, 0.15) is 33.9 Å². The summed E-state index contributed by atoms with van der Waals surface area (Å²) in [6, 6.07) is 13.4. The molecule has 174 valence electrons. The number of Topliss-reactive ketones (excluding diaryl/α,β-unsaturated/α-hetero) is 1. The maximum atomic E-state index is 13.8. The number of rotatable bonds is 3. The van der Waals surface area contributed by atoms with Crippen LogP contribution in [-0.2, 0) is 15.8 Å². The molecular formula is C26H19F4NO3. The molecule has 0 spiro atoms. The van der Waals surface area contributed by atoms with Gasteiger partial charge in [0.25, 0.3) is 11.7 Å². The van der Waals surface area contributed by atoms with Crippen molar-refractivity contribution in [3.05, 3.63) is 106 Å². The molecule has 1 aliphatic rings. The largest absolute Gasteiger partial charge is 0.507 e. The zero-order chi connectivity index (χ0) is 24.8. The summed E-state index contributed by atoms with van der Waals surface area (Å²) in [5.74, 6) is -2.98. The number of hydrogen-bond acceptors (Lipinski definition) is 3. The number of hydrogen-bond donors (Lipinski definition) is 1. The van der Waals surface area contributed by atoms with E-state index in [1.807, 2.05) is 0 Å². The van der Waals surface area contributed by atoms with Crippen molar-refractivity contribution in [1.82, 2.24) is 0 Å². The molecule has 0 aromatic heterocycles. The summed E-state index contributed by atoms with van der Waals surface area (Å²) in [5.41, 5.74) is 0.524. The molecule has 3 aromatic rings. The number of carbonyl (C=O) groups excluding carboxylic acids is 2. The average Bonchev–Trinajstić information content (AvgIpc) is 3.05. The molecule has 0 saturated carbocycles. The van der Waals surface area contributed by atoms with Crippen molar-refractivity contribution in [2.45, 2.75) is 26.1 Å². The first-order valence-corrected chi connectivity index (χ1v) is 10.3. The molecule has 34 heavy (non-hydrogen) atoms. The first kappa shape index (κ1) is 23.2. The molecule has 4 rings (SSSR count). The van der Waals surface area contributed by atoms with Gasteiger partial charge in [0, 0.05) is 11.3 Å². The Kier molecular flexibility index (Phi) is 5.77. The molecule has 0 radical (unpaired) electrons. The highest BCUT2D eigenvalue weighted by Crippen LogP contribution is 2.43. The number of amides is 1. The molecule has 0 aliphatic carbocycles. The van der Waals surface area contributed by atoms with Gasteiger partial charge in [0.15, 0.2) is 0 Å². The number of alkyl halides is 3. The van der Waals surface area contributed by atoms with Crippen LogP contribution in [0.25, 0.3) is 5.76 Å². The fourth-order valence-electron chi connectivity index (χ4n) is 4.05. The third-order valence-corrected chi connectivity index (χ3v) is 5.83. The standard InChI is InChI=1S/C26H19F4NO3/c1-14-5-3-4-6-19(14)22-21(23(32)16-7-12-20(27)15(2)13-16)24(33)25(34)31(22)18-10-8-17(9-11-18)26(28,29)30/h3-13,22,32H,1-2H3/b23-21+. The molecule has 1 fully saturated rings. The zero-order valence-corrected chi connectivity index (χ0v) is 18.2. The molecule has 1 aliphatic heterocycles. The topological polar surface area (TPSA) is 57.6 Å². The van der Waals surface area contributed by atoms with Crippen LogP contribution in [0.3, 0.4) is 0 Å². The molecule has 3 aromatic carbocycles. The molecule has 1 atom stereocenters. The van der Waals surface area contributed by atoms with E-state index in [9.17, 15) is 32.3 Å². The van der Waals surface area contributed by atoms with E-state index < -0.39 is 41.0 Å². The van der Waals surface area contributed by atoms with E-state index in [-0.39, 0.29) is 22.4 Å². The zero-order valence-electron chi connectivity index (χ0n) is 18.2. The average molecular weight is 469 g/mol. The predicted octanol–water partition coefficient (Wildman–Crippen LogP) is 6.09. The predicted molar refractivity (Wildman–Crippen MR) is 119 cm³/mol. The number of aliphatic hydroxyl groups excluding tert-OH is 1. The van der Waals surface area contributed by atoms with Crippen LogP contribution >= 0.6 is 0 Å². The smallest absolute Gasteiger partial charge is 0.416 e. The maximum absolute atomic E-state index is 13.8. The highest BCUT2D eigenvalue weighted by atomic mass is 19.4. The number of aliphatic hydroxyl groups is 1. The number of anilines is 1. The monoisotopic (exact) mass is 469 g/mol. The Morgan fingerprint density at radius 3 is 2.15 bits per heavy atom. The van der Waals surface area contributed by atoms with E-state index in [2.05, 4.69) is 0 Å². The third kappa shape index (κ3) is 3.96. The van der Waals surface area contributed by atoms with Crippen molar-refractivity contribution in [2.24, 2.45) is 0 Å². The molecule has 8 heteroatoms. The SMILES string of the molecule is Cc1cc(/C(O)=C2\C(=O)C(=O)N(c3ccc(C(F)(F)F)cc3)C2c2ccccc2C)ccc1F.